The second-order valence-electron chi connectivity index (χ2n) is 4.13. The van der Waals surface area contributed by atoms with Crippen molar-refractivity contribution in [2.75, 3.05) is 6.54 Å². The molecule has 1 unspecified atom stereocenters. The van der Waals surface area contributed by atoms with Gasteiger partial charge in [0.1, 0.15) is 11.0 Å². The summed E-state index contributed by atoms with van der Waals surface area (Å²) in [6.45, 7) is 2.37. The molecule has 1 amide bonds. The van der Waals surface area contributed by atoms with Gasteiger partial charge in [-0.15, -0.1) is 0 Å². The van der Waals surface area contributed by atoms with E-state index < -0.39 is 0 Å². The fraction of sp³-hybridized carbons (Fsp3) is 0.417. The first kappa shape index (κ1) is 12.5. The number of aromatic amines is 1. The molecule has 0 fully saturated rings. The smallest absolute Gasteiger partial charge is 0.251 e. The summed E-state index contributed by atoms with van der Waals surface area (Å²) >= 11 is 0. The zero-order valence-electron chi connectivity index (χ0n) is 10.2. The number of aromatic nitrogens is 3. The molecular weight excluding hydrogens is 232 g/mol. The monoisotopic (exact) mass is 248 g/mol. The molecule has 1 atom stereocenters. The lowest BCUT2D eigenvalue weighted by Gasteiger charge is -2.08. The molecule has 0 aliphatic carbocycles. The number of hydrogen-bond donors (Lipinski definition) is 3. The minimum Gasteiger partial charge on any atom is -0.393 e. The highest BCUT2D eigenvalue weighted by Crippen LogP contribution is 2.10. The molecule has 3 N–H and O–H groups in total. The Balaban J connectivity index is 1.95. The van der Waals surface area contributed by atoms with Gasteiger partial charge in [-0.05, 0) is 31.0 Å². The number of aliphatic hydroxyl groups is 1. The molecule has 6 nitrogen and oxygen atoms in total. The van der Waals surface area contributed by atoms with E-state index in [-0.39, 0.29) is 12.0 Å². The third kappa shape index (κ3) is 2.84. The second kappa shape index (κ2) is 5.59. The van der Waals surface area contributed by atoms with E-state index in [1.54, 1.807) is 18.2 Å². The number of fused-ring (bicyclic) bond motifs is 1. The van der Waals surface area contributed by atoms with Crippen molar-refractivity contribution in [1.29, 1.82) is 0 Å². The first-order valence-corrected chi connectivity index (χ1v) is 5.97. The van der Waals surface area contributed by atoms with Crippen molar-refractivity contribution < 1.29 is 9.90 Å². The van der Waals surface area contributed by atoms with E-state index in [0.29, 0.717) is 30.5 Å². The second-order valence-corrected chi connectivity index (χ2v) is 4.13. The molecule has 0 radical (unpaired) electrons. The van der Waals surface area contributed by atoms with Gasteiger partial charge in [0.15, 0.2) is 0 Å². The minimum atomic E-state index is -0.358. The van der Waals surface area contributed by atoms with Crippen LogP contribution < -0.4 is 5.32 Å². The molecule has 0 aliphatic heterocycles. The van der Waals surface area contributed by atoms with Gasteiger partial charge in [-0.25, -0.2) is 0 Å². The highest BCUT2D eigenvalue weighted by Gasteiger charge is 2.08. The summed E-state index contributed by atoms with van der Waals surface area (Å²) in [5.74, 6) is -0.164. The lowest BCUT2D eigenvalue weighted by molar-refractivity contribution is 0.0942. The van der Waals surface area contributed by atoms with Crippen molar-refractivity contribution in [1.82, 2.24) is 20.7 Å². The van der Waals surface area contributed by atoms with Crippen LogP contribution in [0.3, 0.4) is 0 Å². The number of aliphatic hydroxyl groups excluding tert-OH is 1. The maximum atomic E-state index is 11.8. The molecule has 2 aromatic rings. The quantitative estimate of drug-likeness (QED) is 0.731. The number of amides is 1. The van der Waals surface area contributed by atoms with Crippen molar-refractivity contribution >= 4 is 16.9 Å². The van der Waals surface area contributed by atoms with Gasteiger partial charge >= 0.3 is 0 Å². The van der Waals surface area contributed by atoms with Gasteiger partial charge in [0, 0.05) is 12.1 Å². The first-order valence-electron chi connectivity index (χ1n) is 5.97. The molecule has 0 aliphatic rings. The predicted octanol–water partition coefficient (Wildman–Crippen LogP) is 0.849. The molecule has 18 heavy (non-hydrogen) atoms. The molecule has 1 aromatic heterocycles. The molecule has 1 heterocycles. The third-order valence-corrected chi connectivity index (χ3v) is 2.81. The SMILES string of the molecule is CCC(O)CCNC(=O)c1ccc2n[nH]nc2c1. The highest BCUT2D eigenvalue weighted by atomic mass is 16.3. The standard InChI is InChI=1S/C12H16N4O2/c1-2-9(17)5-6-13-12(18)8-3-4-10-11(7-8)15-16-14-10/h3-4,7,9,17H,2,5-6H2,1H3,(H,13,18)(H,14,15,16). The summed E-state index contributed by atoms with van der Waals surface area (Å²) in [5, 5.41) is 22.5. The first-order chi connectivity index (χ1) is 8.70. The molecule has 0 spiro atoms. The van der Waals surface area contributed by atoms with E-state index in [1.165, 1.54) is 0 Å². The Morgan fingerprint density at radius 1 is 1.44 bits per heavy atom. The van der Waals surface area contributed by atoms with E-state index in [1.807, 2.05) is 6.92 Å². The van der Waals surface area contributed by atoms with E-state index >= 15 is 0 Å². The molecular formula is C12H16N4O2. The predicted molar refractivity (Wildman–Crippen MR) is 67.1 cm³/mol. The maximum Gasteiger partial charge on any atom is 0.251 e. The topological polar surface area (TPSA) is 90.9 Å². The summed E-state index contributed by atoms with van der Waals surface area (Å²) in [7, 11) is 0. The number of carbonyl (C=O) groups excluding carboxylic acids is 1. The van der Waals surface area contributed by atoms with Crippen LogP contribution in [0.4, 0.5) is 0 Å². The third-order valence-electron chi connectivity index (χ3n) is 2.81. The van der Waals surface area contributed by atoms with Gasteiger partial charge in [0.25, 0.3) is 5.91 Å². The molecule has 0 saturated heterocycles. The number of carbonyl (C=O) groups is 1. The molecule has 1 aromatic carbocycles. The zero-order chi connectivity index (χ0) is 13.0. The van der Waals surface area contributed by atoms with Crippen molar-refractivity contribution in [3.63, 3.8) is 0 Å². The number of nitrogens with zero attached hydrogens (tertiary/aromatic N) is 2. The van der Waals surface area contributed by atoms with Crippen LogP contribution in [-0.2, 0) is 0 Å². The molecule has 2 rings (SSSR count). The zero-order valence-corrected chi connectivity index (χ0v) is 10.2. The summed E-state index contributed by atoms with van der Waals surface area (Å²) in [5.41, 5.74) is 1.94. The Hall–Kier alpha value is -1.95. The van der Waals surface area contributed by atoms with Gasteiger partial charge < -0.3 is 10.4 Å². The van der Waals surface area contributed by atoms with E-state index in [9.17, 15) is 9.90 Å². The summed E-state index contributed by atoms with van der Waals surface area (Å²) in [6.07, 6.45) is 0.901. The van der Waals surface area contributed by atoms with Gasteiger partial charge in [0.2, 0.25) is 0 Å². The van der Waals surface area contributed by atoms with E-state index in [4.69, 9.17) is 0 Å². The fourth-order valence-electron chi connectivity index (χ4n) is 1.64. The van der Waals surface area contributed by atoms with Crippen LogP contribution in [0.15, 0.2) is 18.2 Å². The average molecular weight is 248 g/mol. The largest absolute Gasteiger partial charge is 0.393 e. The van der Waals surface area contributed by atoms with Crippen LogP contribution in [0.2, 0.25) is 0 Å². The average Bonchev–Trinajstić information content (AvgIpc) is 2.85. The Labute approximate surface area is 104 Å². The Morgan fingerprint density at radius 3 is 3.00 bits per heavy atom. The van der Waals surface area contributed by atoms with Crippen LogP contribution >= 0.6 is 0 Å². The van der Waals surface area contributed by atoms with Crippen molar-refractivity contribution in [3.8, 4) is 0 Å². The van der Waals surface area contributed by atoms with Gasteiger partial charge in [-0.3, -0.25) is 4.79 Å². The Kier molecular flexibility index (Phi) is 3.88. The van der Waals surface area contributed by atoms with Crippen molar-refractivity contribution in [2.24, 2.45) is 0 Å². The van der Waals surface area contributed by atoms with Crippen LogP contribution in [0.5, 0.6) is 0 Å². The molecule has 6 heteroatoms. The van der Waals surface area contributed by atoms with Crippen LogP contribution in [-0.4, -0.2) is 39.1 Å². The lowest BCUT2D eigenvalue weighted by atomic mass is 10.1. The number of rotatable bonds is 5. The van der Waals surface area contributed by atoms with Gasteiger partial charge in [-0.2, -0.15) is 15.4 Å². The summed E-state index contributed by atoms with van der Waals surface area (Å²) in [6, 6.07) is 5.13. The fourth-order valence-corrected chi connectivity index (χ4v) is 1.64. The Morgan fingerprint density at radius 2 is 2.22 bits per heavy atom. The molecule has 0 saturated carbocycles. The van der Waals surface area contributed by atoms with Crippen molar-refractivity contribution in [2.45, 2.75) is 25.9 Å². The van der Waals surface area contributed by atoms with Gasteiger partial charge in [-0.1, -0.05) is 6.92 Å². The number of nitrogens with one attached hydrogen (secondary N) is 2. The maximum absolute atomic E-state index is 11.8. The number of hydrogen-bond acceptors (Lipinski definition) is 4. The number of H-pyrrole nitrogens is 1. The minimum absolute atomic E-state index is 0.164. The lowest BCUT2D eigenvalue weighted by Crippen LogP contribution is -2.26. The van der Waals surface area contributed by atoms with Crippen molar-refractivity contribution in [3.05, 3.63) is 23.8 Å². The molecule has 0 bridgehead atoms. The normalized spacial score (nSPS) is 12.6. The summed E-state index contributed by atoms with van der Waals surface area (Å²) < 4.78 is 0. The molecule has 96 valence electrons. The summed E-state index contributed by atoms with van der Waals surface area (Å²) in [4.78, 5) is 11.8. The van der Waals surface area contributed by atoms with E-state index in [2.05, 4.69) is 20.7 Å². The Bertz CT molecular complexity index is 538. The van der Waals surface area contributed by atoms with E-state index in [0.717, 1.165) is 5.52 Å². The van der Waals surface area contributed by atoms with Crippen LogP contribution in [0, 0.1) is 0 Å². The highest BCUT2D eigenvalue weighted by molar-refractivity contribution is 5.97. The van der Waals surface area contributed by atoms with Crippen LogP contribution in [0.1, 0.15) is 30.1 Å². The van der Waals surface area contributed by atoms with Crippen LogP contribution in [0.25, 0.3) is 11.0 Å². The number of benzene rings is 1. The van der Waals surface area contributed by atoms with Gasteiger partial charge in [0.05, 0.1) is 6.10 Å².